The smallest absolute Gasteiger partial charge is 0.293 e. The van der Waals surface area contributed by atoms with Crippen molar-refractivity contribution in [3.63, 3.8) is 0 Å². The molecule has 1 N–H and O–H groups in total. The fourth-order valence-electron chi connectivity index (χ4n) is 2.10. The number of nitrogens with zero attached hydrogens (tertiary/aromatic N) is 1. The van der Waals surface area contributed by atoms with Crippen molar-refractivity contribution in [2.24, 2.45) is 5.41 Å². The summed E-state index contributed by atoms with van der Waals surface area (Å²) in [6.07, 6.45) is 4.58. The molecule has 0 atom stereocenters. The number of halogens is 1. The molecule has 0 unspecified atom stereocenters. The van der Waals surface area contributed by atoms with E-state index in [1.165, 1.54) is 24.3 Å². The number of allylic oxidation sites excluding steroid dienone is 1. The summed E-state index contributed by atoms with van der Waals surface area (Å²) in [7, 11) is 0. The lowest BCUT2D eigenvalue weighted by molar-refractivity contribution is -0.123. The van der Waals surface area contributed by atoms with Gasteiger partial charge in [0, 0.05) is 18.7 Å². The van der Waals surface area contributed by atoms with Crippen molar-refractivity contribution >= 4 is 34.9 Å². The highest BCUT2D eigenvalue weighted by Gasteiger charge is 2.34. The number of carbonyl (C=O) groups excluding carboxylic acids is 3. The van der Waals surface area contributed by atoms with Crippen LogP contribution in [0.3, 0.4) is 0 Å². The SMILES string of the molecule is CC(C)(C)C=CC(=O)NCCN1C(=O)SC(=Cc2ccccc2F)C1=O. The lowest BCUT2D eigenvalue weighted by Gasteiger charge is -2.13. The first-order valence-corrected chi connectivity index (χ1v) is 8.96. The van der Waals surface area contributed by atoms with Gasteiger partial charge in [0.25, 0.3) is 11.1 Å². The molecule has 2 rings (SSSR count). The van der Waals surface area contributed by atoms with Crippen LogP contribution in [0.5, 0.6) is 0 Å². The highest BCUT2D eigenvalue weighted by atomic mass is 32.2. The summed E-state index contributed by atoms with van der Waals surface area (Å²) in [5.74, 6) is -1.23. The molecule has 0 saturated carbocycles. The van der Waals surface area contributed by atoms with Gasteiger partial charge in [0.2, 0.25) is 5.91 Å². The Hall–Kier alpha value is -2.41. The Bertz CT molecular complexity index is 781. The molecule has 0 spiro atoms. The van der Waals surface area contributed by atoms with E-state index in [0.717, 1.165) is 16.7 Å². The Morgan fingerprint density at radius 2 is 1.96 bits per heavy atom. The lowest BCUT2D eigenvalue weighted by atomic mass is 9.96. The van der Waals surface area contributed by atoms with E-state index in [2.05, 4.69) is 5.32 Å². The van der Waals surface area contributed by atoms with Gasteiger partial charge in [-0.3, -0.25) is 19.3 Å². The molecular weight excluding hydrogens is 355 g/mol. The Balaban J connectivity index is 1.94. The summed E-state index contributed by atoms with van der Waals surface area (Å²) >= 11 is 0.763. The Kier molecular flexibility index (Phi) is 6.37. The van der Waals surface area contributed by atoms with Gasteiger partial charge in [-0.25, -0.2) is 4.39 Å². The quantitative estimate of drug-likeness (QED) is 0.798. The number of rotatable bonds is 5. The zero-order chi connectivity index (χ0) is 19.3. The van der Waals surface area contributed by atoms with Crippen LogP contribution in [0.4, 0.5) is 9.18 Å². The molecule has 1 aromatic rings. The van der Waals surface area contributed by atoms with Crippen molar-refractivity contribution in [2.45, 2.75) is 20.8 Å². The maximum absolute atomic E-state index is 13.7. The fraction of sp³-hybridized carbons (Fsp3) is 0.316. The van der Waals surface area contributed by atoms with E-state index in [1.54, 1.807) is 18.2 Å². The Morgan fingerprint density at radius 1 is 1.27 bits per heavy atom. The first kappa shape index (κ1) is 19.9. The molecule has 26 heavy (non-hydrogen) atoms. The average molecular weight is 376 g/mol. The number of imide groups is 1. The monoisotopic (exact) mass is 376 g/mol. The molecule has 0 aromatic heterocycles. The van der Waals surface area contributed by atoms with Crippen LogP contribution in [-0.2, 0) is 9.59 Å². The molecule has 1 aliphatic heterocycles. The normalized spacial score (nSPS) is 16.8. The van der Waals surface area contributed by atoms with E-state index in [4.69, 9.17) is 0 Å². The highest BCUT2D eigenvalue weighted by molar-refractivity contribution is 8.18. The topological polar surface area (TPSA) is 66.5 Å². The van der Waals surface area contributed by atoms with Crippen LogP contribution in [0, 0.1) is 11.2 Å². The zero-order valence-electron chi connectivity index (χ0n) is 14.9. The second kappa shape index (κ2) is 8.31. The summed E-state index contributed by atoms with van der Waals surface area (Å²) in [5.41, 5.74) is 0.139. The molecule has 7 heteroatoms. The molecule has 0 bridgehead atoms. The molecule has 138 valence electrons. The summed E-state index contributed by atoms with van der Waals surface area (Å²) in [6, 6.07) is 6.02. The molecule has 0 radical (unpaired) electrons. The van der Waals surface area contributed by atoms with Gasteiger partial charge < -0.3 is 5.32 Å². The molecule has 1 aromatic carbocycles. The number of hydrogen-bond acceptors (Lipinski definition) is 4. The van der Waals surface area contributed by atoms with Crippen molar-refractivity contribution < 1.29 is 18.8 Å². The number of carbonyl (C=O) groups is 3. The van der Waals surface area contributed by atoms with E-state index in [-0.39, 0.29) is 34.9 Å². The van der Waals surface area contributed by atoms with Crippen LogP contribution in [0.1, 0.15) is 26.3 Å². The molecule has 5 nitrogen and oxygen atoms in total. The van der Waals surface area contributed by atoms with Crippen molar-refractivity contribution in [3.8, 4) is 0 Å². The van der Waals surface area contributed by atoms with Crippen molar-refractivity contribution in [1.29, 1.82) is 0 Å². The molecular formula is C19H21FN2O3S. The first-order valence-electron chi connectivity index (χ1n) is 8.14. The Morgan fingerprint density at radius 3 is 2.62 bits per heavy atom. The fourth-order valence-corrected chi connectivity index (χ4v) is 2.96. The second-order valence-corrected chi connectivity index (χ2v) is 7.84. The lowest BCUT2D eigenvalue weighted by Crippen LogP contribution is -2.36. The number of amides is 3. The van der Waals surface area contributed by atoms with Gasteiger partial charge in [-0.05, 0) is 35.4 Å². The minimum atomic E-state index is -0.484. The zero-order valence-corrected chi connectivity index (χ0v) is 15.7. The number of thioether (sulfide) groups is 1. The molecule has 3 amide bonds. The number of hydrogen-bond donors (Lipinski definition) is 1. The molecule has 1 heterocycles. The van der Waals surface area contributed by atoms with Crippen LogP contribution >= 0.6 is 11.8 Å². The summed E-state index contributed by atoms with van der Waals surface area (Å²) < 4.78 is 13.7. The van der Waals surface area contributed by atoms with Gasteiger partial charge in [-0.2, -0.15) is 0 Å². The van der Waals surface area contributed by atoms with E-state index in [0.29, 0.717) is 0 Å². The number of nitrogens with one attached hydrogen (secondary N) is 1. The molecule has 1 aliphatic rings. The van der Waals surface area contributed by atoms with Gasteiger partial charge in [-0.1, -0.05) is 45.0 Å². The van der Waals surface area contributed by atoms with E-state index >= 15 is 0 Å². The summed E-state index contributed by atoms with van der Waals surface area (Å²) in [6.45, 7) is 6.13. The van der Waals surface area contributed by atoms with E-state index < -0.39 is 17.0 Å². The van der Waals surface area contributed by atoms with Crippen molar-refractivity contribution in [1.82, 2.24) is 10.2 Å². The predicted molar refractivity (Wildman–Crippen MR) is 101 cm³/mol. The Labute approximate surface area is 156 Å². The van der Waals surface area contributed by atoms with E-state index in [1.807, 2.05) is 20.8 Å². The molecule has 1 saturated heterocycles. The van der Waals surface area contributed by atoms with Crippen molar-refractivity contribution in [3.05, 3.63) is 52.7 Å². The van der Waals surface area contributed by atoms with Crippen LogP contribution in [0.15, 0.2) is 41.3 Å². The maximum atomic E-state index is 13.7. The number of benzene rings is 1. The third kappa shape index (κ3) is 5.56. The van der Waals surface area contributed by atoms with Gasteiger partial charge in [0.05, 0.1) is 4.91 Å². The first-order chi connectivity index (χ1) is 12.2. The van der Waals surface area contributed by atoms with Crippen LogP contribution in [0.25, 0.3) is 6.08 Å². The van der Waals surface area contributed by atoms with Gasteiger partial charge in [0.15, 0.2) is 0 Å². The minimum Gasteiger partial charge on any atom is -0.351 e. The summed E-state index contributed by atoms with van der Waals surface area (Å²) in [4.78, 5) is 37.3. The second-order valence-electron chi connectivity index (χ2n) is 6.85. The average Bonchev–Trinajstić information content (AvgIpc) is 2.82. The molecule has 0 aliphatic carbocycles. The third-order valence-corrected chi connectivity index (χ3v) is 4.34. The van der Waals surface area contributed by atoms with Crippen LogP contribution in [-0.4, -0.2) is 35.0 Å². The largest absolute Gasteiger partial charge is 0.351 e. The maximum Gasteiger partial charge on any atom is 0.293 e. The standard InChI is InChI=1S/C19H21FN2O3S/c1-19(2,3)9-8-16(23)21-10-11-22-17(24)15(26-18(22)25)12-13-6-4-5-7-14(13)20/h4-9,12H,10-11H2,1-3H3,(H,21,23). The highest BCUT2D eigenvalue weighted by Crippen LogP contribution is 2.32. The minimum absolute atomic E-state index is 0.0639. The van der Waals surface area contributed by atoms with Gasteiger partial charge in [-0.15, -0.1) is 0 Å². The van der Waals surface area contributed by atoms with Crippen molar-refractivity contribution in [2.75, 3.05) is 13.1 Å². The van der Waals surface area contributed by atoms with Gasteiger partial charge >= 0.3 is 0 Å². The van der Waals surface area contributed by atoms with E-state index in [9.17, 15) is 18.8 Å². The molecule has 1 fully saturated rings. The summed E-state index contributed by atoms with van der Waals surface area (Å²) in [5, 5.41) is 2.20. The van der Waals surface area contributed by atoms with Gasteiger partial charge in [0.1, 0.15) is 5.82 Å². The third-order valence-electron chi connectivity index (χ3n) is 3.43. The predicted octanol–water partition coefficient (Wildman–Crippen LogP) is 3.58. The van der Waals surface area contributed by atoms with Crippen LogP contribution in [0.2, 0.25) is 0 Å². The van der Waals surface area contributed by atoms with Crippen LogP contribution < -0.4 is 5.32 Å².